The molecule has 0 aromatic carbocycles. The molecule has 1 aliphatic rings. The lowest BCUT2D eigenvalue weighted by atomic mass is 9.96. The molecule has 1 unspecified atom stereocenters. The zero-order valence-electron chi connectivity index (χ0n) is 16.0. The van der Waals surface area contributed by atoms with E-state index in [9.17, 15) is 24.0 Å². The largest absolute Gasteiger partial charge is 0.463 e. The number of hydrogen-bond donors (Lipinski definition) is 1. The summed E-state index contributed by atoms with van der Waals surface area (Å²) >= 11 is 0. The molecule has 1 saturated heterocycles. The van der Waals surface area contributed by atoms with Gasteiger partial charge in [0.15, 0.2) is 12.2 Å². The third-order valence-corrected chi connectivity index (χ3v) is 3.41. The fourth-order valence-electron chi connectivity index (χ4n) is 2.53. The zero-order chi connectivity index (χ0) is 22.1. The molecule has 14 nitrogen and oxygen atoms in total. The van der Waals surface area contributed by atoms with E-state index in [4.69, 9.17) is 29.2 Å². The van der Waals surface area contributed by atoms with Crippen LogP contribution in [0.2, 0.25) is 0 Å². The van der Waals surface area contributed by atoms with Crippen LogP contribution in [0.1, 0.15) is 27.7 Å². The van der Waals surface area contributed by atoms with Gasteiger partial charge in [-0.15, -0.1) is 0 Å². The summed E-state index contributed by atoms with van der Waals surface area (Å²) in [5, 5.41) is 5.01. The summed E-state index contributed by atoms with van der Waals surface area (Å²) < 4.78 is 25.7. The van der Waals surface area contributed by atoms with Crippen LogP contribution in [0.5, 0.6) is 0 Å². The van der Waals surface area contributed by atoms with E-state index in [0.717, 1.165) is 27.7 Å². The lowest BCUT2D eigenvalue weighted by Crippen LogP contribution is -2.66. The second-order valence-corrected chi connectivity index (χ2v) is 5.77. The van der Waals surface area contributed by atoms with Crippen LogP contribution in [-0.4, -0.2) is 67.2 Å². The first kappa shape index (κ1) is 23.7. The van der Waals surface area contributed by atoms with Crippen LogP contribution < -0.4 is 5.32 Å². The second kappa shape index (κ2) is 10.8. The summed E-state index contributed by atoms with van der Waals surface area (Å²) in [4.78, 5) is 59.8. The number of amides is 2. The van der Waals surface area contributed by atoms with E-state index < -0.39 is 67.2 Å². The minimum absolute atomic E-state index is 0.445. The Bertz CT molecular complexity index is 720. The monoisotopic (exact) mass is 416 g/mol. The van der Waals surface area contributed by atoms with E-state index in [1.807, 2.05) is 0 Å². The molecular formula is C15H20N4O10. The molecule has 0 radical (unpaired) electrons. The fourth-order valence-corrected chi connectivity index (χ4v) is 2.53. The molecule has 0 aromatic rings. The number of ether oxygens (including phenoxy) is 5. The second-order valence-electron chi connectivity index (χ2n) is 5.77. The van der Waals surface area contributed by atoms with Crippen molar-refractivity contribution >= 4 is 29.9 Å². The van der Waals surface area contributed by atoms with Crippen molar-refractivity contribution in [2.24, 2.45) is 5.11 Å². The van der Waals surface area contributed by atoms with Gasteiger partial charge in [0.25, 0.3) is 0 Å². The van der Waals surface area contributed by atoms with Gasteiger partial charge in [-0.05, 0) is 5.53 Å². The van der Waals surface area contributed by atoms with Gasteiger partial charge in [0.05, 0.1) is 0 Å². The topological polar surface area (TPSA) is 192 Å². The molecule has 160 valence electrons. The predicted octanol–water partition coefficient (Wildman–Crippen LogP) is 0.0894. The summed E-state index contributed by atoms with van der Waals surface area (Å²) in [7, 11) is 0. The molecule has 5 atom stereocenters. The highest BCUT2D eigenvalue weighted by molar-refractivity contribution is 5.75. The van der Waals surface area contributed by atoms with E-state index in [0.29, 0.717) is 0 Å². The van der Waals surface area contributed by atoms with Crippen molar-refractivity contribution in [3.8, 4) is 0 Å². The van der Waals surface area contributed by atoms with Crippen LogP contribution >= 0.6 is 0 Å². The van der Waals surface area contributed by atoms with Crippen molar-refractivity contribution in [1.29, 1.82) is 0 Å². The summed E-state index contributed by atoms with van der Waals surface area (Å²) in [5.74, 6) is -3.13. The summed E-state index contributed by atoms with van der Waals surface area (Å²) in [6.07, 6.45) is -5.57. The molecule has 0 saturated carbocycles. The Morgan fingerprint density at radius 3 is 1.97 bits per heavy atom. The molecule has 1 fully saturated rings. The first-order valence-electron chi connectivity index (χ1n) is 8.21. The van der Waals surface area contributed by atoms with Gasteiger partial charge in [-0.25, -0.2) is 0 Å². The van der Waals surface area contributed by atoms with Crippen LogP contribution in [0.3, 0.4) is 0 Å². The van der Waals surface area contributed by atoms with Crippen LogP contribution in [0.15, 0.2) is 5.11 Å². The van der Waals surface area contributed by atoms with Crippen molar-refractivity contribution in [1.82, 2.24) is 5.32 Å². The Morgan fingerprint density at radius 2 is 1.48 bits per heavy atom. The van der Waals surface area contributed by atoms with Crippen molar-refractivity contribution in [3.63, 3.8) is 0 Å². The van der Waals surface area contributed by atoms with Gasteiger partial charge >= 0.3 is 29.9 Å². The first-order chi connectivity index (χ1) is 13.5. The normalized spacial score (nSPS) is 25.6. The van der Waals surface area contributed by atoms with Crippen molar-refractivity contribution in [2.45, 2.75) is 58.3 Å². The SMILES string of the molecule is CC(=O)OC[C@H]1OC(OC(C)=O)[C@@H](NC(=O)N=[N+]=[N-])[C@@H](OC(C)=O)[C@@H]1OC(C)=O. The first-order valence-corrected chi connectivity index (χ1v) is 8.21. The summed E-state index contributed by atoms with van der Waals surface area (Å²) in [6, 6.07) is -2.62. The molecule has 29 heavy (non-hydrogen) atoms. The highest BCUT2D eigenvalue weighted by Gasteiger charge is 2.52. The molecular weight excluding hydrogens is 396 g/mol. The predicted molar refractivity (Wildman–Crippen MR) is 89.6 cm³/mol. The fraction of sp³-hybridized carbons (Fsp3) is 0.667. The van der Waals surface area contributed by atoms with E-state index in [-0.39, 0.29) is 0 Å². The average molecular weight is 416 g/mol. The van der Waals surface area contributed by atoms with E-state index in [1.165, 1.54) is 0 Å². The molecule has 1 rings (SSSR count). The van der Waals surface area contributed by atoms with Crippen LogP contribution in [0, 0.1) is 0 Å². The Labute approximate surface area is 164 Å². The minimum atomic E-state index is -1.55. The maximum Gasteiger partial charge on any atom is 0.308 e. The average Bonchev–Trinajstić information content (AvgIpc) is 2.57. The van der Waals surface area contributed by atoms with Gasteiger partial charge in [0.2, 0.25) is 6.29 Å². The number of rotatable bonds is 6. The lowest BCUT2D eigenvalue weighted by molar-refractivity contribution is -0.270. The van der Waals surface area contributed by atoms with Crippen molar-refractivity contribution < 1.29 is 47.7 Å². The molecule has 1 aliphatic heterocycles. The Balaban J connectivity index is 3.36. The maximum absolute atomic E-state index is 11.8. The molecule has 0 spiro atoms. The van der Waals surface area contributed by atoms with Gasteiger partial charge in [-0.3, -0.25) is 24.0 Å². The van der Waals surface area contributed by atoms with Crippen molar-refractivity contribution in [2.75, 3.05) is 6.61 Å². The summed E-state index contributed by atoms with van der Waals surface area (Å²) in [6.45, 7) is 3.85. The number of esters is 4. The molecule has 2 amide bonds. The Kier molecular flexibility index (Phi) is 8.83. The van der Waals surface area contributed by atoms with Crippen LogP contribution in [-0.2, 0) is 42.9 Å². The Hall–Kier alpha value is -3.38. The number of nitrogens with zero attached hydrogens (tertiary/aromatic N) is 3. The van der Waals surface area contributed by atoms with Gasteiger partial charge < -0.3 is 29.0 Å². The third kappa shape index (κ3) is 7.63. The van der Waals surface area contributed by atoms with Crippen molar-refractivity contribution in [3.05, 3.63) is 10.4 Å². The van der Waals surface area contributed by atoms with Crippen LogP contribution in [0.25, 0.3) is 10.4 Å². The molecule has 1 N–H and O–H groups in total. The Morgan fingerprint density at radius 1 is 0.931 bits per heavy atom. The van der Waals surface area contributed by atoms with Gasteiger partial charge in [0, 0.05) is 37.7 Å². The maximum atomic E-state index is 11.8. The van der Waals surface area contributed by atoms with Gasteiger partial charge in [-0.2, -0.15) is 0 Å². The number of hydrogen-bond acceptors (Lipinski definition) is 10. The minimum Gasteiger partial charge on any atom is -0.463 e. The smallest absolute Gasteiger partial charge is 0.308 e. The number of nitrogens with one attached hydrogen (secondary N) is 1. The van der Waals surface area contributed by atoms with E-state index in [1.54, 1.807) is 0 Å². The highest BCUT2D eigenvalue weighted by atomic mass is 16.7. The van der Waals surface area contributed by atoms with Gasteiger partial charge in [0.1, 0.15) is 18.8 Å². The summed E-state index contributed by atoms with van der Waals surface area (Å²) in [5.41, 5.74) is 8.40. The van der Waals surface area contributed by atoms with Crippen LogP contribution in [0.4, 0.5) is 4.79 Å². The van der Waals surface area contributed by atoms with E-state index >= 15 is 0 Å². The molecule has 0 bridgehead atoms. The number of urea groups is 1. The molecule has 0 aliphatic carbocycles. The number of carbonyl (C=O) groups excluding carboxylic acids is 5. The van der Waals surface area contributed by atoms with E-state index in [2.05, 4.69) is 15.3 Å². The quantitative estimate of drug-likeness (QED) is 0.204. The lowest BCUT2D eigenvalue weighted by Gasteiger charge is -2.44. The zero-order valence-corrected chi connectivity index (χ0v) is 16.0. The molecule has 14 heteroatoms. The number of carbonyl (C=O) groups is 5. The highest BCUT2D eigenvalue weighted by Crippen LogP contribution is 2.28. The molecule has 0 aromatic heterocycles. The molecule has 1 heterocycles. The van der Waals surface area contributed by atoms with Gasteiger partial charge in [-0.1, -0.05) is 0 Å². The third-order valence-electron chi connectivity index (χ3n) is 3.41. The number of azide groups is 1. The standard InChI is InChI=1S/C15H20N4O10/c1-6(20)25-5-10-12(26-7(2)21)13(27-8(3)22)11(17-15(24)18-19-16)14(29-10)28-9(4)23/h10-14H,5H2,1-4H3,(H,17,24)/t10-,11+,12-,13-,14?/m1/s1.